The molecule has 0 unspecified atom stereocenters. The van der Waals surface area contributed by atoms with Crippen LogP contribution >= 0.6 is 0 Å². The Morgan fingerprint density at radius 1 is 0.943 bits per heavy atom. The molecule has 2 atom stereocenters. The fourth-order valence-corrected chi connectivity index (χ4v) is 4.62. The number of hydrogen-bond acceptors (Lipinski definition) is 4. The number of aryl methyl sites for hydroxylation is 1. The maximum Gasteiger partial charge on any atom is 0.304 e. The number of anilines is 1. The Kier molecular flexibility index (Phi) is 10.3. The van der Waals surface area contributed by atoms with Gasteiger partial charge in [0.25, 0.3) is 0 Å². The molecule has 0 bridgehead atoms. The van der Waals surface area contributed by atoms with Crippen molar-refractivity contribution in [3.8, 4) is 0 Å². The first-order valence-electron chi connectivity index (χ1n) is 11.9. The Labute approximate surface area is 210 Å². The van der Waals surface area contributed by atoms with E-state index in [2.05, 4.69) is 5.32 Å². The van der Waals surface area contributed by atoms with Crippen LogP contribution in [-0.2, 0) is 26.3 Å². The number of amides is 2. The van der Waals surface area contributed by atoms with E-state index in [1.165, 1.54) is 19.0 Å². The first-order chi connectivity index (χ1) is 16.5. The van der Waals surface area contributed by atoms with Crippen molar-refractivity contribution in [3.05, 3.63) is 65.7 Å². The maximum absolute atomic E-state index is 13.7. The van der Waals surface area contributed by atoms with Crippen LogP contribution in [0.2, 0.25) is 0 Å². The molecule has 1 N–H and O–H groups in total. The summed E-state index contributed by atoms with van der Waals surface area (Å²) in [5.74, 6) is -0.699. The van der Waals surface area contributed by atoms with Gasteiger partial charge in [0, 0.05) is 26.7 Å². The van der Waals surface area contributed by atoms with Crippen LogP contribution in [0.25, 0.3) is 0 Å². The molecule has 2 aromatic carbocycles. The number of nitrogens with one attached hydrogen (secondary N) is 1. The van der Waals surface area contributed by atoms with E-state index in [-0.39, 0.29) is 18.5 Å². The minimum atomic E-state index is -3.96. The number of rotatable bonds is 12. The molecule has 0 aliphatic rings. The zero-order valence-corrected chi connectivity index (χ0v) is 22.4. The molecule has 2 amide bonds. The van der Waals surface area contributed by atoms with Gasteiger partial charge in [-0.05, 0) is 44.4 Å². The smallest absolute Gasteiger partial charge is 0.304 e. The van der Waals surface area contributed by atoms with E-state index in [1.807, 2.05) is 52.0 Å². The number of hydrogen-bond donors (Lipinski definition) is 1. The highest BCUT2D eigenvalue weighted by molar-refractivity contribution is 7.90. The standard InChI is InChI=1S/C26H38N4O4S/c1-7-21(4)27-26(32)24(8-2)29(18-22-16-14-20(3)15-17-22)25(31)19-30(35(33,34)28(5)6)23-12-10-9-11-13-23/h9-17,21,24H,7-8,18-19H2,1-6H3,(H,27,32)/t21-,24+/m0/s1. The van der Waals surface area contributed by atoms with Gasteiger partial charge in [0.2, 0.25) is 11.8 Å². The minimum absolute atomic E-state index is 0.0391. The first kappa shape index (κ1) is 28.3. The third-order valence-electron chi connectivity index (χ3n) is 5.92. The third kappa shape index (κ3) is 7.53. The van der Waals surface area contributed by atoms with Crippen LogP contribution in [-0.4, -0.2) is 62.2 Å². The molecular weight excluding hydrogens is 464 g/mol. The summed E-state index contributed by atoms with van der Waals surface area (Å²) in [7, 11) is -1.11. The van der Waals surface area contributed by atoms with Crippen LogP contribution in [0.4, 0.5) is 5.69 Å². The SMILES string of the molecule is CC[C@H](C(=O)N[C@@H](C)CC)N(Cc1ccc(C)cc1)C(=O)CN(c1ccccc1)S(=O)(=O)N(C)C. The van der Waals surface area contributed by atoms with E-state index in [9.17, 15) is 18.0 Å². The lowest BCUT2D eigenvalue weighted by Crippen LogP contribution is -2.54. The molecule has 0 fully saturated rings. The van der Waals surface area contributed by atoms with Crippen LogP contribution in [0.5, 0.6) is 0 Å². The van der Waals surface area contributed by atoms with Crippen molar-refractivity contribution in [1.29, 1.82) is 0 Å². The summed E-state index contributed by atoms with van der Waals surface area (Å²) in [6.45, 7) is 7.48. The molecule has 35 heavy (non-hydrogen) atoms. The van der Waals surface area contributed by atoms with Crippen molar-refractivity contribution in [2.24, 2.45) is 0 Å². The zero-order valence-electron chi connectivity index (χ0n) is 21.6. The number of benzene rings is 2. The number of carbonyl (C=O) groups excluding carboxylic acids is 2. The molecule has 0 saturated carbocycles. The second-order valence-corrected chi connectivity index (χ2v) is 10.9. The van der Waals surface area contributed by atoms with Gasteiger partial charge in [-0.25, -0.2) is 4.31 Å². The van der Waals surface area contributed by atoms with Gasteiger partial charge < -0.3 is 10.2 Å². The largest absolute Gasteiger partial charge is 0.352 e. The lowest BCUT2D eigenvalue weighted by molar-refractivity contribution is -0.140. The molecule has 2 aromatic rings. The maximum atomic E-state index is 13.7. The summed E-state index contributed by atoms with van der Waals surface area (Å²) in [6, 6.07) is 15.5. The normalized spacial score (nSPS) is 13.2. The zero-order chi connectivity index (χ0) is 26.2. The van der Waals surface area contributed by atoms with Crippen LogP contribution in [0.3, 0.4) is 0 Å². The molecule has 0 spiro atoms. The highest BCUT2D eigenvalue weighted by Crippen LogP contribution is 2.21. The van der Waals surface area contributed by atoms with Gasteiger partial charge in [0.05, 0.1) is 5.69 Å². The summed E-state index contributed by atoms with van der Waals surface area (Å²) in [5.41, 5.74) is 2.32. The van der Waals surface area contributed by atoms with Gasteiger partial charge in [0.15, 0.2) is 0 Å². The highest BCUT2D eigenvalue weighted by Gasteiger charge is 2.33. The Balaban J connectivity index is 2.46. The van der Waals surface area contributed by atoms with Crippen molar-refractivity contribution in [3.63, 3.8) is 0 Å². The predicted octanol–water partition coefficient (Wildman–Crippen LogP) is 3.33. The summed E-state index contributed by atoms with van der Waals surface area (Å²) < 4.78 is 28.4. The van der Waals surface area contributed by atoms with Crippen molar-refractivity contribution in [1.82, 2.24) is 14.5 Å². The third-order valence-corrected chi connectivity index (χ3v) is 7.74. The predicted molar refractivity (Wildman–Crippen MR) is 140 cm³/mol. The van der Waals surface area contributed by atoms with Gasteiger partial charge >= 0.3 is 10.2 Å². The molecule has 9 heteroatoms. The molecular formula is C26H38N4O4S. The molecule has 0 saturated heterocycles. The molecule has 2 rings (SSSR count). The average Bonchev–Trinajstić information content (AvgIpc) is 2.83. The van der Waals surface area contributed by atoms with Gasteiger partial charge in [0.1, 0.15) is 12.6 Å². The van der Waals surface area contributed by atoms with Gasteiger partial charge in [-0.15, -0.1) is 0 Å². The number of nitrogens with zero attached hydrogens (tertiary/aromatic N) is 3. The Hall–Kier alpha value is -2.91. The number of carbonyl (C=O) groups is 2. The second-order valence-electron chi connectivity index (χ2n) is 8.88. The summed E-state index contributed by atoms with van der Waals surface area (Å²) in [5, 5.41) is 2.97. The van der Waals surface area contributed by atoms with Crippen molar-refractivity contribution in [2.45, 2.75) is 59.2 Å². The van der Waals surface area contributed by atoms with Crippen LogP contribution in [0.1, 0.15) is 44.7 Å². The molecule has 0 heterocycles. The van der Waals surface area contributed by atoms with E-state index in [0.717, 1.165) is 26.2 Å². The van der Waals surface area contributed by atoms with E-state index in [0.29, 0.717) is 12.1 Å². The lowest BCUT2D eigenvalue weighted by Gasteiger charge is -2.34. The molecule has 192 valence electrons. The first-order valence-corrected chi connectivity index (χ1v) is 13.3. The fourth-order valence-electron chi connectivity index (χ4n) is 3.56. The average molecular weight is 503 g/mol. The molecule has 0 aliphatic heterocycles. The highest BCUT2D eigenvalue weighted by atomic mass is 32.2. The Morgan fingerprint density at radius 2 is 1.54 bits per heavy atom. The molecule has 0 aromatic heterocycles. The fraction of sp³-hybridized carbons (Fsp3) is 0.462. The molecule has 8 nitrogen and oxygen atoms in total. The van der Waals surface area contributed by atoms with Crippen molar-refractivity contribution >= 4 is 27.7 Å². The number of para-hydroxylation sites is 1. The van der Waals surface area contributed by atoms with Gasteiger partial charge in [-0.1, -0.05) is 61.9 Å². The summed E-state index contributed by atoms with van der Waals surface area (Å²) in [6.07, 6.45) is 1.16. The second kappa shape index (κ2) is 12.7. The summed E-state index contributed by atoms with van der Waals surface area (Å²) >= 11 is 0. The molecule has 0 radical (unpaired) electrons. The van der Waals surface area contributed by atoms with E-state index < -0.39 is 28.7 Å². The monoisotopic (exact) mass is 502 g/mol. The lowest BCUT2D eigenvalue weighted by atomic mass is 10.1. The topological polar surface area (TPSA) is 90.0 Å². The van der Waals surface area contributed by atoms with E-state index in [1.54, 1.807) is 30.3 Å². The van der Waals surface area contributed by atoms with E-state index in [4.69, 9.17) is 0 Å². The van der Waals surface area contributed by atoms with Crippen molar-refractivity contribution < 1.29 is 18.0 Å². The van der Waals surface area contributed by atoms with Gasteiger partial charge in [-0.3, -0.25) is 9.59 Å². The van der Waals surface area contributed by atoms with Crippen LogP contribution < -0.4 is 9.62 Å². The quantitative estimate of drug-likeness (QED) is 0.482. The van der Waals surface area contributed by atoms with Crippen molar-refractivity contribution in [2.75, 3.05) is 24.9 Å². The molecule has 0 aliphatic carbocycles. The Morgan fingerprint density at radius 3 is 2.06 bits per heavy atom. The van der Waals surface area contributed by atoms with Gasteiger partial charge in [-0.2, -0.15) is 12.7 Å². The van der Waals surface area contributed by atoms with Crippen LogP contribution in [0.15, 0.2) is 54.6 Å². The minimum Gasteiger partial charge on any atom is -0.352 e. The Bertz CT molecular complexity index is 1070. The van der Waals surface area contributed by atoms with E-state index >= 15 is 0 Å². The van der Waals surface area contributed by atoms with Crippen LogP contribution in [0, 0.1) is 6.92 Å². The summed E-state index contributed by atoms with van der Waals surface area (Å²) in [4.78, 5) is 28.4.